The molecule has 3 rings (SSSR count). The SMILES string of the molecule is Nc1ccc(S(=O)(=O)N2CC3CCC2C3)cc1Br. The van der Waals surface area contributed by atoms with Gasteiger partial charge in [-0.05, 0) is 59.3 Å². The molecular formula is C12H15BrN2O2S. The molecule has 1 saturated carbocycles. The quantitative estimate of drug-likeness (QED) is 0.845. The Morgan fingerprint density at radius 3 is 2.67 bits per heavy atom. The Labute approximate surface area is 115 Å². The maximum absolute atomic E-state index is 12.6. The molecule has 1 heterocycles. The van der Waals surface area contributed by atoms with Gasteiger partial charge in [0.2, 0.25) is 10.0 Å². The first-order chi connectivity index (χ1) is 8.48. The van der Waals surface area contributed by atoms with Crippen molar-refractivity contribution < 1.29 is 8.42 Å². The number of hydrogen-bond donors (Lipinski definition) is 1. The highest BCUT2D eigenvalue weighted by Crippen LogP contribution is 2.40. The summed E-state index contributed by atoms with van der Waals surface area (Å²) >= 11 is 3.28. The molecule has 0 amide bonds. The van der Waals surface area contributed by atoms with Crippen LogP contribution in [0.5, 0.6) is 0 Å². The Balaban J connectivity index is 1.97. The second-order valence-corrected chi connectivity index (χ2v) is 7.84. The molecule has 6 heteroatoms. The smallest absolute Gasteiger partial charge is 0.243 e. The van der Waals surface area contributed by atoms with Crippen molar-refractivity contribution >= 4 is 31.6 Å². The van der Waals surface area contributed by atoms with E-state index in [2.05, 4.69) is 15.9 Å². The number of nitrogens with two attached hydrogens (primary N) is 1. The van der Waals surface area contributed by atoms with Crippen LogP contribution in [0, 0.1) is 5.92 Å². The van der Waals surface area contributed by atoms with Crippen LogP contribution in [-0.2, 0) is 10.0 Å². The van der Waals surface area contributed by atoms with Crippen LogP contribution in [0.4, 0.5) is 5.69 Å². The molecule has 1 saturated heterocycles. The molecule has 0 spiro atoms. The van der Waals surface area contributed by atoms with E-state index in [0.29, 0.717) is 27.5 Å². The number of sulfonamides is 1. The lowest BCUT2D eigenvalue weighted by molar-refractivity contribution is 0.333. The standard InChI is InChI=1S/C12H15BrN2O2S/c13-11-6-10(3-4-12(11)14)18(16,17)15-7-8-1-2-9(15)5-8/h3-4,6,8-9H,1-2,5,7,14H2. The van der Waals surface area contributed by atoms with Crippen molar-refractivity contribution in [2.24, 2.45) is 5.92 Å². The molecule has 1 aromatic rings. The number of hydrogen-bond acceptors (Lipinski definition) is 3. The average Bonchev–Trinajstić information content (AvgIpc) is 2.94. The lowest BCUT2D eigenvalue weighted by atomic mass is 10.1. The van der Waals surface area contributed by atoms with Crippen LogP contribution in [0.1, 0.15) is 19.3 Å². The minimum absolute atomic E-state index is 0.205. The number of benzene rings is 1. The molecule has 0 aromatic heterocycles. The van der Waals surface area contributed by atoms with Gasteiger partial charge in [-0.15, -0.1) is 0 Å². The van der Waals surface area contributed by atoms with Gasteiger partial charge in [0.15, 0.2) is 0 Å². The number of halogens is 1. The van der Waals surface area contributed by atoms with Gasteiger partial charge in [0.1, 0.15) is 0 Å². The van der Waals surface area contributed by atoms with Gasteiger partial charge in [-0.3, -0.25) is 0 Å². The molecule has 2 aliphatic rings. The van der Waals surface area contributed by atoms with E-state index in [1.807, 2.05) is 0 Å². The van der Waals surface area contributed by atoms with Crippen LogP contribution < -0.4 is 5.73 Å². The highest BCUT2D eigenvalue weighted by Gasteiger charge is 2.44. The maximum Gasteiger partial charge on any atom is 0.243 e. The number of nitrogens with zero attached hydrogens (tertiary/aromatic N) is 1. The third kappa shape index (κ3) is 1.87. The van der Waals surface area contributed by atoms with Gasteiger partial charge in [0, 0.05) is 22.7 Å². The van der Waals surface area contributed by atoms with Crippen molar-refractivity contribution in [1.82, 2.24) is 4.31 Å². The minimum atomic E-state index is -3.36. The van der Waals surface area contributed by atoms with E-state index in [0.717, 1.165) is 12.8 Å². The predicted octanol–water partition coefficient (Wildman–Crippen LogP) is 2.20. The molecule has 1 aliphatic heterocycles. The predicted molar refractivity (Wildman–Crippen MR) is 73.6 cm³/mol. The first-order valence-corrected chi connectivity index (χ1v) is 8.28. The summed E-state index contributed by atoms with van der Waals surface area (Å²) in [6.07, 6.45) is 3.19. The van der Waals surface area contributed by atoms with Gasteiger partial charge >= 0.3 is 0 Å². The minimum Gasteiger partial charge on any atom is -0.398 e. The molecular weight excluding hydrogens is 316 g/mol. The first-order valence-electron chi connectivity index (χ1n) is 6.05. The van der Waals surface area contributed by atoms with Gasteiger partial charge in [-0.2, -0.15) is 4.31 Å². The molecule has 2 N–H and O–H groups in total. The first kappa shape index (κ1) is 12.4. The van der Waals surface area contributed by atoms with Gasteiger partial charge < -0.3 is 5.73 Å². The third-order valence-electron chi connectivity index (χ3n) is 3.94. The second-order valence-electron chi connectivity index (χ2n) is 5.09. The van der Waals surface area contributed by atoms with Crippen molar-refractivity contribution in [2.45, 2.75) is 30.2 Å². The molecule has 0 radical (unpaired) electrons. The monoisotopic (exact) mass is 330 g/mol. The van der Waals surface area contributed by atoms with E-state index in [1.54, 1.807) is 22.5 Å². The van der Waals surface area contributed by atoms with Crippen molar-refractivity contribution in [1.29, 1.82) is 0 Å². The van der Waals surface area contributed by atoms with Crippen LogP contribution in [0.3, 0.4) is 0 Å². The number of anilines is 1. The molecule has 2 fully saturated rings. The Kier molecular flexibility index (Phi) is 2.91. The van der Waals surface area contributed by atoms with Crippen molar-refractivity contribution in [2.75, 3.05) is 12.3 Å². The highest BCUT2D eigenvalue weighted by atomic mass is 79.9. The summed E-state index contributed by atoms with van der Waals surface area (Å²) in [6.45, 7) is 0.676. The summed E-state index contributed by atoms with van der Waals surface area (Å²) in [5.41, 5.74) is 6.24. The largest absolute Gasteiger partial charge is 0.398 e. The summed E-state index contributed by atoms with van der Waals surface area (Å²) in [4.78, 5) is 0.330. The van der Waals surface area contributed by atoms with E-state index in [-0.39, 0.29) is 6.04 Å². The summed E-state index contributed by atoms with van der Waals surface area (Å²) < 4.78 is 27.4. The zero-order valence-electron chi connectivity index (χ0n) is 9.84. The fraction of sp³-hybridized carbons (Fsp3) is 0.500. The lowest BCUT2D eigenvalue weighted by Gasteiger charge is -2.26. The molecule has 1 aromatic carbocycles. The van der Waals surface area contributed by atoms with Gasteiger partial charge in [0.25, 0.3) is 0 Å². The lowest BCUT2D eigenvalue weighted by Crippen LogP contribution is -2.37. The fourth-order valence-electron chi connectivity index (χ4n) is 2.98. The average molecular weight is 331 g/mol. The highest BCUT2D eigenvalue weighted by molar-refractivity contribution is 9.10. The van der Waals surface area contributed by atoms with Gasteiger partial charge in [0.05, 0.1) is 4.90 Å². The fourth-order valence-corrected chi connectivity index (χ4v) is 5.28. The molecule has 98 valence electrons. The number of rotatable bonds is 2. The Bertz CT molecular complexity index is 588. The third-order valence-corrected chi connectivity index (χ3v) is 6.54. The summed E-state index contributed by atoms with van der Waals surface area (Å²) in [6, 6.07) is 5.01. The van der Waals surface area contributed by atoms with E-state index < -0.39 is 10.0 Å². The molecule has 4 nitrogen and oxygen atoms in total. The van der Waals surface area contributed by atoms with Crippen molar-refractivity contribution in [3.63, 3.8) is 0 Å². The summed E-state index contributed by atoms with van der Waals surface area (Å²) in [5.74, 6) is 0.557. The zero-order valence-corrected chi connectivity index (χ0v) is 12.2. The molecule has 18 heavy (non-hydrogen) atoms. The van der Waals surface area contributed by atoms with Crippen LogP contribution in [0.25, 0.3) is 0 Å². The topological polar surface area (TPSA) is 63.4 Å². The van der Waals surface area contributed by atoms with Crippen LogP contribution in [0.2, 0.25) is 0 Å². The maximum atomic E-state index is 12.6. The summed E-state index contributed by atoms with van der Waals surface area (Å²) in [7, 11) is -3.36. The van der Waals surface area contributed by atoms with E-state index in [4.69, 9.17) is 5.73 Å². The number of fused-ring (bicyclic) bond motifs is 2. The summed E-state index contributed by atoms with van der Waals surface area (Å²) in [5, 5.41) is 0. The normalized spacial score (nSPS) is 27.8. The van der Waals surface area contributed by atoms with Crippen molar-refractivity contribution in [3.05, 3.63) is 22.7 Å². The number of nitrogen functional groups attached to an aromatic ring is 1. The Hall–Kier alpha value is -0.590. The molecule has 2 unspecified atom stereocenters. The van der Waals surface area contributed by atoms with Crippen LogP contribution in [-0.4, -0.2) is 25.3 Å². The van der Waals surface area contributed by atoms with Crippen LogP contribution in [0.15, 0.2) is 27.6 Å². The van der Waals surface area contributed by atoms with E-state index in [1.165, 1.54) is 6.42 Å². The number of piperidine rings is 1. The van der Waals surface area contributed by atoms with E-state index >= 15 is 0 Å². The second kappa shape index (κ2) is 4.21. The zero-order chi connectivity index (χ0) is 12.9. The molecule has 2 bridgehead atoms. The molecule has 1 aliphatic carbocycles. The van der Waals surface area contributed by atoms with Gasteiger partial charge in [-0.1, -0.05) is 0 Å². The van der Waals surface area contributed by atoms with E-state index in [9.17, 15) is 8.42 Å². The van der Waals surface area contributed by atoms with Crippen LogP contribution >= 0.6 is 15.9 Å². The molecule has 2 atom stereocenters. The van der Waals surface area contributed by atoms with Crippen molar-refractivity contribution in [3.8, 4) is 0 Å². The van der Waals surface area contributed by atoms with Gasteiger partial charge in [-0.25, -0.2) is 8.42 Å². The Morgan fingerprint density at radius 1 is 1.33 bits per heavy atom. The Morgan fingerprint density at radius 2 is 2.11 bits per heavy atom.